The van der Waals surface area contributed by atoms with Crippen LogP contribution in [0.15, 0.2) is 24.3 Å². The molecule has 0 unspecified atom stereocenters. The van der Waals surface area contributed by atoms with Crippen LogP contribution < -0.4 is 5.32 Å². The number of nitrogens with zero attached hydrogens (tertiary/aromatic N) is 1. The highest BCUT2D eigenvalue weighted by molar-refractivity contribution is 15.0. The number of halogens is 2. The first-order valence-corrected chi connectivity index (χ1v) is 13.3. The van der Waals surface area contributed by atoms with Crippen LogP contribution in [-0.2, 0) is 20.0 Å². The molecule has 1 N–H and O–H groups in total. The quantitative estimate of drug-likeness (QED) is 0.462. The normalized spacial score (nSPS) is 12.6. The van der Waals surface area contributed by atoms with E-state index >= 15 is 0 Å². The SMILES string of the molecule is CC.Cn1c2c(c3ccccc31)CNCC2.II.[2H]CC. The van der Waals surface area contributed by atoms with E-state index in [1.165, 1.54) is 22.2 Å². The molecule has 20 heavy (non-hydrogen) atoms. The van der Waals surface area contributed by atoms with Gasteiger partial charge >= 0.3 is 0 Å². The van der Waals surface area contributed by atoms with Gasteiger partial charge in [-0.3, -0.25) is 0 Å². The van der Waals surface area contributed by atoms with E-state index in [9.17, 15) is 0 Å². The van der Waals surface area contributed by atoms with Crippen molar-refractivity contribution in [2.75, 3.05) is 6.54 Å². The van der Waals surface area contributed by atoms with Gasteiger partial charge in [0, 0.05) is 81.8 Å². The second kappa shape index (κ2) is 11.8. The Morgan fingerprint density at radius 1 is 1.20 bits per heavy atom. The lowest BCUT2D eigenvalue weighted by molar-refractivity contribution is 0.622. The van der Waals surface area contributed by atoms with Crippen LogP contribution >= 0.6 is 37.2 Å². The molecule has 0 spiro atoms. The summed E-state index contributed by atoms with van der Waals surface area (Å²) in [5, 5.41) is 4.85. The molecular formula is C16H26I2N2. The Hall–Kier alpha value is 0.180. The lowest BCUT2D eigenvalue weighted by atomic mass is 10.1. The van der Waals surface area contributed by atoms with E-state index in [1.807, 2.05) is 13.8 Å². The summed E-state index contributed by atoms with van der Waals surface area (Å²) in [7, 11) is 2.17. The number of nitrogens with one attached hydrogen (secondary N) is 1. The van der Waals surface area contributed by atoms with Gasteiger partial charge in [0.2, 0.25) is 0 Å². The summed E-state index contributed by atoms with van der Waals surface area (Å²) in [6.07, 6.45) is 1.15. The molecule has 0 bridgehead atoms. The molecule has 2 aromatic rings. The molecule has 1 aliphatic heterocycles. The van der Waals surface area contributed by atoms with Crippen LogP contribution in [0.3, 0.4) is 0 Å². The fourth-order valence-corrected chi connectivity index (χ4v) is 2.46. The molecule has 0 amide bonds. The highest BCUT2D eigenvalue weighted by atomic mass is 128. The maximum atomic E-state index is 6.21. The van der Waals surface area contributed by atoms with Crippen molar-refractivity contribution in [3.05, 3.63) is 35.5 Å². The monoisotopic (exact) mass is 501 g/mol. The average molecular weight is 501 g/mol. The standard InChI is InChI=1S/C12H14N2.2C2H6.I2/c1-14-11-5-3-2-4-9(11)10-8-13-7-6-12(10)14;3*1-2/h2-5,13H,6-8H2,1H3;2*1-2H3;/i;1D;;. The minimum atomic E-state index is 0.500. The maximum Gasteiger partial charge on any atom is 0.0483 e. The summed E-state index contributed by atoms with van der Waals surface area (Å²) in [5.41, 5.74) is 4.36. The molecule has 0 saturated carbocycles. The lowest BCUT2D eigenvalue weighted by Gasteiger charge is -2.14. The van der Waals surface area contributed by atoms with E-state index in [1.54, 1.807) is 6.92 Å². The molecule has 114 valence electrons. The lowest BCUT2D eigenvalue weighted by Crippen LogP contribution is -2.24. The van der Waals surface area contributed by atoms with Crippen molar-refractivity contribution < 1.29 is 1.37 Å². The molecule has 1 aromatic carbocycles. The van der Waals surface area contributed by atoms with Crippen LogP contribution in [0.1, 0.15) is 40.3 Å². The second-order valence-corrected chi connectivity index (χ2v) is 3.93. The van der Waals surface area contributed by atoms with E-state index in [4.69, 9.17) is 1.37 Å². The minimum absolute atomic E-state index is 0.500. The Labute approximate surface area is 148 Å². The third-order valence-corrected chi connectivity index (χ3v) is 3.18. The van der Waals surface area contributed by atoms with Crippen molar-refractivity contribution in [3.63, 3.8) is 0 Å². The smallest absolute Gasteiger partial charge is 0.0483 e. The van der Waals surface area contributed by atoms with Gasteiger partial charge in [-0.25, -0.2) is 0 Å². The zero-order valence-corrected chi connectivity index (χ0v) is 17.2. The van der Waals surface area contributed by atoms with Crippen LogP contribution in [0.2, 0.25) is 0 Å². The summed E-state index contributed by atoms with van der Waals surface area (Å²) < 4.78 is 8.55. The van der Waals surface area contributed by atoms with Crippen LogP contribution in [0.25, 0.3) is 10.9 Å². The fourth-order valence-electron chi connectivity index (χ4n) is 2.46. The summed E-state index contributed by atoms with van der Waals surface area (Å²) in [6, 6.07) is 8.66. The number of benzene rings is 1. The van der Waals surface area contributed by atoms with Crippen molar-refractivity contribution >= 4 is 48.1 Å². The molecule has 3 rings (SSSR count). The Morgan fingerprint density at radius 3 is 2.45 bits per heavy atom. The molecule has 0 saturated heterocycles. The van der Waals surface area contributed by atoms with E-state index in [-0.39, 0.29) is 0 Å². The number of hydrogen-bond acceptors (Lipinski definition) is 1. The Balaban J connectivity index is 0.000000500. The van der Waals surface area contributed by atoms with E-state index in [2.05, 4.69) is 78.4 Å². The predicted octanol–water partition coefficient (Wildman–Crippen LogP) is 5.65. The highest BCUT2D eigenvalue weighted by Gasteiger charge is 2.16. The van der Waals surface area contributed by atoms with Gasteiger partial charge in [-0.15, -0.1) is 0 Å². The zero-order chi connectivity index (χ0) is 16.3. The van der Waals surface area contributed by atoms with Gasteiger partial charge < -0.3 is 9.88 Å². The van der Waals surface area contributed by atoms with Crippen LogP contribution in [0.5, 0.6) is 0 Å². The molecule has 0 atom stereocenters. The highest BCUT2D eigenvalue weighted by Crippen LogP contribution is 2.26. The first-order chi connectivity index (χ1) is 10.3. The first kappa shape index (κ1) is 18.2. The largest absolute Gasteiger partial charge is 0.347 e. The summed E-state index contributed by atoms with van der Waals surface area (Å²) in [6.45, 7) is 8.42. The summed E-state index contributed by atoms with van der Waals surface area (Å²) in [4.78, 5) is 0. The molecule has 2 heterocycles. The van der Waals surface area contributed by atoms with Crippen molar-refractivity contribution in [1.82, 2.24) is 9.88 Å². The van der Waals surface area contributed by atoms with Gasteiger partial charge in [0.15, 0.2) is 0 Å². The van der Waals surface area contributed by atoms with E-state index in [0.29, 0.717) is 6.90 Å². The average Bonchev–Trinajstić information content (AvgIpc) is 2.86. The summed E-state index contributed by atoms with van der Waals surface area (Å²) in [5.74, 6) is 0. The van der Waals surface area contributed by atoms with E-state index in [0.717, 1.165) is 19.5 Å². The van der Waals surface area contributed by atoms with Gasteiger partial charge in [-0.1, -0.05) is 45.9 Å². The third kappa shape index (κ3) is 4.59. The molecule has 0 fully saturated rings. The van der Waals surface area contributed by atoms with E-state index < -0.39 is 0 Å². The Bertz CT molecular complexity index is 512. The van der Waals surface area contributed by atoms with Crippen LogP contribution in [-0.4, -0.2) is 11.1 Å². The van der Waals surface area contributed by atoms with Crippen molar-refractivity contribution in [2.45, 2.75) is 40.6 Å². The molecule has 0 aliphatic carbocycles. The molecule has 4 heteroatoms. The number of aromatic nitrogens is 1. The number of hydrogen-bond donors (Lipinski definition) is 1. The number of aryl methyl sites for hydroxylation is 1. The molecule has 1 aromatic heterocycles. The molecule has 0 radical (unpaired) electrons. The predicted molar refractivity (Wildman–Crippen MR) is 109 cm³/mol. The third-order valence-electron chi connectivity index (χ3n) is 3.18. The van der Waals surface area contributed by atoms with Gasteiger partial charge in [-0.2, -0.15) is 0 Å². The van der Waals surface area contributed by atoms with Gasteiger partial charge in [-0.05, 0) is 11.6 Å². The molecule has 2 nitrogen and oxygen atoms in total. The van der Waals surface area contributed by atoms with Gasteiger partial charge in [0.25, 0.3) is 0 Å². The summed E-state index contributed by atoms with van der Waals surface area (Å²) >= 11 is 4.24. The van der Waals surface area contributed by atoms with Crippen molar-refractivity contribution in [3.8, 4) is 0 Å². The maximum absolute atomic E-state index is 6.21. The zero-order valence-electron chi connectivity index (χ0n) is 13.8. The Morgan fingerprint density at radius 2 is 1.80 bits per heavy atom. The molecular weight excluding hydrogens is 474 g/mol. The van der Waals surface area contributed by atoms with Crippen molar-refractivity contribution in [2.24, 2.45) is 7.05 Å². The Kier molecular flexibility index (Phi) is 10.8. The molecule has 1 aliphatic rings. The fraction of sp³-hybridized carbons (Fsp3) is 0.500. The second-order valence-electron chi connectivity index (χ2n) is 3.93. The minimum Gasteiger partial charge on any atom is -0.347 e. The number of rotatable bonds is 0. The van der Waals surface area contributed by atoms with Gasteiger partial charge in [0.1, 0.15) is 0 Å². The first-order valence-electron chi connectivity index (χ1n) is 7.69. The van der Waals surface area contributed by atoms with Crippen LogP contribution in [0.4, 0.5) is 0 Å². The number of fused-ring (bicyclic) bond motifs is 3. The van der Waals surface area contributed by atoms with Crippen molar-refractivity contribution in [1.29, 1.82) is 0 Å². The van der Waals surface area contributed by atoms with Gasteiger partial charge in [0.05, 0.1) is 0 Å². The number of para-hydroxylation sites is 1. The van der Waals surface area contributed by atoms with Crippen LogP contribution in [0, 0.1) is 0 Å². The topological polar surface area (TPSA) is 17.0 Å².